The number of methoxy groups -OCH3 is 1. The summed E-state index contributed by atoms with van der Waals surface area (Å²) in [4.78, 5) is 25.3. The van der Waals surface area contributed by atoms with E-state index in [-0.39, 0.29) is 12.3 Å². The van der Waals surface area contributed by atoms with Crippen molar-refractivity contribution in [2.75, 3.05) is 7.11 Å². The van der Waals surface area contributed by atoms with Crippen LogP contribution in [-0.2, 0) is 11.2 Å². The summed E-state index contributed by atoms with van der Waals surface area (Å²) in [7, 11) is 1.57. The maximum atomic E-state index is 12.9. The number of benzene rings is 3. The maximum absolute atomic E-state index is 12.9. The lowest BCUT2D eigenvalue weighted by Crippen LogP contribution is -2.42. The molecule has 0 radical (unpaired) electrons. The molecule has 7 heteroatoms. The highest BCUT2D eigenvalue weighted by atomic mass is 16.5. The summed E-state index contributed by atoms with van der Waals surface area (Å²) in [5, 5.41) is 4.61. The molecule has 0 atom stereocenters. The van der Waals surface area contributed by atoms with E-state index < -0.39 is 5.91 Å². The van der Waals surface area contributed by atoms with Gasteiger partial charge in [-0.3, -0.25) is 20.4 Å². The van der Waals surface area contributed by atoms with E-state index in [4.69, 9.17) is 4.74 Å². The molecule has 7 nitrogen and oxygen atoms in total. The highest BCUT2D eigenvalue weighted by Crippen LogP contribution is 2.23. The van der Waals surface area contributed by atoms with Crippen LogP contribution < -0.4 is 15.6 Å². The Balaban J connectivity index is 1.52. The Morgan fingerprint density at radius 1 is 0.906 bits per heavy atom. The fraction of sp³-hybridized carbons (Fsp3) is 0.0800. The molecule has 160 valence electrons. The van der Waals surface area contributed by atoms with Crippen LogP contribution in [0.15, 0.2) is 91.1 Å². The standard InChI is InChI=1S/C25H22N4O3/c1-32-21-14-8-9-18(15-21)16-23(30)26-27-25(31)22-17-29(20-12-6-3-7-13-20)28-24(22)19-10-4-2-5-11-19/h2-15,17H,16H2,1H3,(H,26,30)(H,27,31). The van der Waals surface area contributed by atoms with Crippen LogP contribution in [0.1, 0.15) is 15.9 Å². The molecule has 0 bridgehead atoms. The Bertz CT molecular complexity index is 1220. The van der Waals surface area contributed by atoms with Crippen molar-refractivity contribution in [1.29, 1.82) is 0 Å². The van der Waals surface area contributed by atoms with Crippen molar-refractivity contribution >= 4 is 11.8 Å². The van der Waals surface area contributed by atoms with Crippen molar-refractivity contribution < 1.29 is 14.3 Å². The zero-order valence-electron chi connectivity index (χ0n) is 17.5. The number of carbonyl (C=O) groups excluding carboxylic acids is 2. The second-order valence-electron chi connectivity index (χ2n) is 7.07. The van der Waals surface area contributed by atoms with E-state index in [1.807, 2.05) is 72.8 Å². The monoisotopic (exact) mass is 426 g/mol. The van der Waals surface area contributed by atoms with Gasteiger partial charge in [0.1, 0.15) is 11.4 Å². The Morgan fingerprint density at radius 2 is 1.62 bits per heavy atom. The van der Waals surface area contributed by atoms with Crippen molar-refractivity contribution in [2.45, 2.75) is 6.42 Å². The predicted molar refractivity (Wildman–Crippen MR) is 121 cm³/mol. The lowest BCUT2D eigenvalue weighted by atomic mass is 10.1. The Morgan fingerprint density at radius 3 is 2.34 bits per heavy atom. The van der Waals surface area contributed by atoms with Crippen LogP contribution in [-0.4, -0.2) is 28.7 Å². The third kappa shape index (κ3) is 4.84. The van der Waals surface area contributed by atoms with Crippen LogP contribution >= 0.6 is 0 Å². The Labute approximate surface area is 185 Å². The number of ether oxygens (including phenoxy) is 1. The summed E-state index contributed by atoms with van der Waals surface area (Å²) in [6.07, 6.45) is 1.76. The van der Waals surface area contributed by atoms with Crippen LogP contribution in [0, 0.1) is 0 Å². The van der Waals surface area contributed by atoms with Gasteiger partial charge in [0, 0.05) is 11.8 Å². The number of hydrogen-bond donors (Lipinski definition) is 2. The first-order valence-electron chi connectivity index (χ1n) is 10.1. The van der Waals surface area contributed by atoms with Crippen LogP contribution in [0.3, 0.4) is 0 Å². The van der Waals surface area contributed by atoms with Gasteiger partial charge in [0.25, 0.3) is 5.91 Å². The Kier molecular flexibility index (Phi) is 6.27. The van der Waals surface area contributed by atoms with Gasteiger partial charge in [0.05, 0.1) is 24.8 Å². The summed E-state index contributed by atoms with van der Waals surface area (Å²) in [6.45, 7) is 0. The molecule has 2 N–H and O–H groups in total. The van der Waals surface area contributed by atoms with Crippen molar-refractivity contribution in [3.8, 4) is 22.7 Å². The van der Waals surface area contributed by atoms with Crippen LogP contribution in [0.4, 0.5) is 0 Å². The van der Waals surface area contributed by atoms with E-state index in [1.165, 1.54) is 0 Å². The highest BCUT2D eigenvalue weighted by Gasteiger charge is 2.19. The number of hydrogen-bond acceptors (Lipinski definition) is 4. The number of rotatable bonds is 6. The number of nitrogens with zero attached hydrogens (tertiary/aromatic N) is 2. The normalized spacial score (nSPS) is 10.4. The van der Waals surface area contributed by atoms with Gasteiger partial charge in [0.15, 0.2) is 0 Å². The molecule has 4 rings (SSSR count). The number of aromatic nitrogens is 2. The van der Waals surface area contributed by atoms with Gasteiger partial charge < -0.3 is 4.74 Å². The molecule has 2 amide bonds. The lowest BCUT2D eigenvalue weighted by Gasteiger charge is -2.08. The van der Waals surface area contributed by atoms with Gasteiger partial charge in [-0.05, 0) is 29.8 Å². The molecular formula is C25H22N4O3. The van der Waals surface area contributed by atoms with E-state index in [0.29, 0.717) is 17.0 Å². The van der Waals surface area contributed by atoms with E-state index in [9.17, 15) is 9.59 Å². The number of nitrogens with one attached hydrogen (secondary N) is 2. The maximum Gasteiger partial charge on any atom is 0.273 e. The van der Waals surface area contributed by atoms with E-state index in [1.54, 1.807) is 30.1 Å². The largest absolute Gasteiger partial charge is 0.497 e. The molecule has 1 aromatic heterocycles. The predicted octanol–water partition coefficient (Wildman–Crippen LogP) is 3.55. The first-order chi connectivity index (χ1) is 15.6. The fourth-order valence-electron chi connectivity index (χ4n) is 3.27. The minimum Gasteiger partial charge on any atom is -0.497 e. The van der Waals surface area contributed by atoms with E-state index >= 15 is 0 Å². The van der Waals surface area contributed by atoms with Crippen LogP contribution in [0.2, 0.25) is 0 Å². The summed E-state index contributed by atoms with van der Waals surface area (Å²) in [6, 6.07) is 26.2. The molecule has 3 aromatic carbocycles. The lowest BCUT2D eigenvalue weighted by molar-refractivity contribution is -0.121. The van der Waals surface area contributed by atoms with E-state index in [2.05, 4.69) is 16.0 Å². The molecule has 0 aliphatic carbocycles. The molecule has 0 aliphatic heterocycles. The number of para-hydroxylation sites is 1. The smallest absolute Gasteiger partial charge is 0.273 e. The van der Waals surface area contributed by atoms with Crippen LogP contribution in [0.25, 0.3) is 16.9 Å². The van der Waals surface area contributed by atoms with Gasteiger partial charge in [-0.2, -0.15) is 5.10 Å². The first-order valence-corrected chi connectivity index (χ1v) is 10.1. The minimum absolute atomic E-state index is 0.103. The van der Waals surface area contributed by atoms with Crippen LogP contribution in [0.5, 0.6) is 5.75 Å². The van der Waals surface area contributed by atoms with Crippen molar-refractivity contribution in [3.05, 3.63) is 102 Å². The highest BCUT2D eigenvalue weighted by molar-refractivity contribution is 6.00. The molecule has 0 aliphatic rings. The molecule has 4 aromatic rings. The average molecular weight is 426 g/mol. The quantitative estimate of drug-likeness (QED) is 0.462. The fourth-order valence-corrected chi connectivity index (χ4v) is 3.27. The van der Waals surface area contributed by atoms with Crippen molar-refractivity contribution in [3.63, 3.8) is 0 Å². The topological polar surface area (TPSA) is 85.3 Å². The molecule has 0 spiro atoms. The molecule has 32 heavy (non-hydrogen) atoms. The second kappa shape index (κ2) is 9.61. The van der Waals surface area contributed by atoms with Gasteiger partial charge in [-0.25, -0.2) is 4.68 Å². The Hall–Kier alpha value is -4.39. The molecular weight excluding hydrogens is 404 g/mol. The third-order valence-corrected chi connectivity index (χ3v) is 4.84. The van der Waals surface area contributed by atoms with Gasteiger partial charge in [-0.15, -0.1) is 0 Å². The minimum atomic E-state index is -0.454. The molecule has 0 unspecified atom stereocenters. The zero-order chi connectivity index (χ0) is 22.3. The summed E-state index contributed by atoms with van der Waals surface area (Å²) in [5.41, 5.74) is 8.25. The second-order valence-corrected chi connectivity index (χ2v) is 7.07. The number of carbonyl (C=O) groups is 2. The summed E-state index contributed by atoms with van der Waals surface area (Å²) >= 11 is 0. The third-order valence-electron chi connectivity index (χ3n) is 4.84. The number of amides is 2. The van der Waals surface area contributed by atoms with Gasteiger partial charge in [0.2, 0.25) is 5.91 Å². The molecule has 0 saturated carbocycles. The summed E-state index contributed by atoms with van der Waals surface area (Å²) < 4.78 is 6.82. The van der Waals surface area contributed by atoms with E-state index in [0.717, 1.165) is 16.8 Å². The SMILES string of the molecule is COc1cccc(CC(=O)NNC(=O)c2cn(-c3ccccc3)nc2-c2ccccc2)c1. The van der Waals surface area contributed by atoms with Gasteiger partial charge in [-0.1, -0.05) is 60.7 Å². The molecule has 0 fully saturated rings. The van der Waals surface area contributed by atoms with Crippen molar-refractivity contribution in [1.82, 2.24) is 20.6 Å². The number of hydrazine groups is 1. The average Bonchev–Trinajstić information content (AvgIpc) is 3.29. The molecule has 1 heterocycles. The van der Waals surface area contributed by atoms with Gasteiger partial charge >= 0.3 is 0 Å². The van der Waals surface area contributed by atoms with Crippen molar-refractivity contribution in [2.24, 2.45) is 0 Å². The molecule has 0 saturated heterocycles. The zero-order valence-corrected chi connectivity index (χ0v) is 17.5. The summed E-state index contributed by atoms with van der Waals surface area (Å²) in [5.74, 6) is -0.131. The first kappa shape index (κ1) is 20.9.